The highest BCUT2D eigenvalue weighted by atomic mass is 35.5. The first-order valence-corrected chi connectivity index (χ1v) is 11.4. The van der Waals surface area contributed by atoms with Crippen LogP contribution in [0.1, 0.15) is 40.9 Å². The summed E-state index contributed by atoms with van der Waals surface area (Å²) in [6.45, 7) is 1.45. The van der Waals surface area contributed by atoms with E-state index in [9.17, 15) is 24.3 Å². The van der Waals surface area contributed by atoms with Gasteiger partial charge in [-0.1, -0.05) is 24.6 Å². The fraction of sp³-hybridized carbons (Fsp3) is 0.333. The molecule has 0 radical (unpaired) electrons. The molecule has 35 heavy (non-hydrogen) atoms. The van der Waals surface area contributed by atoms with Crippen LogP contribution in [-0.4, -0.2) is 54.0 Å². The molecular weight excluding hydrogens is 476 g/mol. The second-order valence-corrected chi connectivity index (χ2v) is 8.58. The molecule has 0 spiro atoms. The molecule has 186 valence electrons. The number of carbonyl (C=O) groups excluding carboxylic acids is 3. The number of hydrogen-bond donors (Lipinski definition) is 4. The second-order valence-electron chi connectivity index (χ2n) is 8.15. The zero-order chi connectivity index (χ0) is 25.7. The van der Waals surface area contributed by atoms with E-state index in [1.165, 1.54) is 19.2 Å². The number of imide groups is 1. The molecule has 1 saturated heterocycles. The number of carboxylic acid groups (broad SMARTS) is 1. The minimum atomic E-state index is -1.16. The van der Waals surface area contributed by atoms with Gasteiger partial charge in [-0.2, -0.15) is 0 Å². The van der Waals surface area contributed by atoms with Gasteiger partial charge in [-0.25, -0.2) is 9.59 Å². The van der Waals surface area contributed by atoms with Crippen LogP contribution in [0.25, 0.3) is 0 Å². The van der Waals surface area contributed by atoms with Gasteiger partial charge in [0, 0.05) is 17.3 Å². The fourth-order valence-electron chi connectivity index (χ4n) is 3.97. The van der Waals surface area contributed by atoms with Crippen LogP contribution in [-0.2, 0) is 16.0 Å². The number of nitrogen functional groups attached to an aromatic ring is 1. The smallest absolute Gasteiger partial charge is 0.337 e. The second kappa shape index (κ2) is 11.1. The monoisotopic (exact) mass is 502 g/mol. The van der Waals surface area contributed by atoms with Crippen molar-refractivity contribution in [3.63, 3.8) is 0 Å². The maximum atomic E-state index is 13.3. The zero-order valence-electron chi connectivity index (χ0n) is 19.3. The van der Waals surface area contributed by atoms with E-state index in [1.54, 1.807) is 24.3 Å². The van der Waals surface area contributed by atoms with Gasteiger partial charge in [0.2, 0.25) is 11.8 Å². The van der Waals surface area contributed by atoms with Gasteiger partial charge >= 0.3 is 12.0 Å². The molecule has 0 aliphatic carbocycles. The van der Waals surface area contributed by atoms with E-state index in [0.29, 0.717) is 28.3 Å². The van der Waals surface area contributed by atoms with Crippen molar-refractivity contribution in [3.8, 4) is 5.75 Å². The molecule has 1 unspecified atom stereocenters. The lowest BCUT2D eigenvalue weighted by Crippen LogP contribution is -2.48. The maximum absolute atomic E-state index is 13.3. The average Bonchev–Trinajstić information content (AvgIpc) is 2.96. The lowest BCUT2D eigenvalue weighted by molar-refractivity contribution is -0.133. The van der Waals surface area contributed by atoms with Crippen LogP contribution >= 0.6 is 11.6 Å². The molecule has 1 aliphatic heterocycles. The van der Waals surface area contributed by atoms with Crippen LogP contribution in [0.3, 0.4) is 0 Å². The summed E-state index contributed by atoms with van der Waals surface area (Å²) in [6, 6.07) is 8.14. The molecule has 11 heteroatoms. The van der Waals surface area contributed by atoms with Gasteiger partial charge in [-0.15, -0.1) is 0 Å². The Bertz CT molecular complexity index is 1150. The third-order valence-corrected chi connectivity index (χ3v) is 6.07. The van der Waals surface area contributed by atoms with E-state index in [1.807, 2.05) is 6.92 Å². The van der Waals surface area contributed by atoms with E-state index in [0.717, 1.165) is 4.90 Å². The Morgan fingerprint density at radius 3 is 2.66 bits per heavy atom. The Hall–Kier alpha value is -3.79. The van der Waals surface area contributed by atoms with Gasteiger partial charge in [0.05, 0.1) is 24.6 Å². The molecule has 0 bridgehead atoms. The Morgan fingerprint density at radius 2 is 2.03 bits per heavy atom. The lowest BCUT2D eigenvalue weighted by atomic mass is 9.97. The molecule has 2 atom stereocenters. The average molecular weight is 503 g/mol. The predicted octanol–water partition coefficient (Wildman–Crippen LogP) is 2.61. The first kappa shape index (κ1) is 25.8. The van der Waals surface area contributed by atoms with Gasteiger partial charge in [-0.3, -0.25) is 14.5 Å². The van der Waals surface area contributed by atoms with Gasteiger partial charge in [0.1, 0.15) is 12.3 Å². The molecule has 4 amide bonds. The number of halogens is 1. The summed E-state index contributed by atoms with van der Waals surface area (Å²) < 4.78 is 5.36. The van der Waals surface area contributed by atoms with E-state index < -0.39 is 42.3 Å². The summed E-state index contributed by atoms with van der Waals surface area (Å²) in [5, 5.41) is 15.1. The largest absolute Gasteiger partial charge is 0.496 e. The van der Waals surface area contributed by atoms with Gasteiger partial charge in [0.15, 0.2) is 0 Å². The van der Waals surface area contributed by atoms with E-state index in [2.05, 4.69) is 10.6 Å². The summed E-state index contributed by atoms with van der Waals surface area (Å²) in [6.07, 6.45) is 0.645. The van der Waals surface area contributed by atoms with Crippen molar-refractivity contribution in [2.45, 2.75) is 25.8 Å². The SMILES string of the molecule is CC[C@@H](NC(=O)N1CC(=O)NCC(Cc2cc(Cl)ccc2OC)C1=O)c1ccc(C(=O)O)c(N)c1. The van der Waals surface area contributed by atoms with Crippen molar-refractivity contribution >= 4 is 41.1 Å². The van der Waals surface area contributed by atoms with Crippen LogP contribution in [0.4, 0.5) is 10.5 Å². The van der Waals surface area contributed by atoms with Crippen LogP contribution in [0.15, 0.2) is 36.4 Å². The summed E-state index contributed by atoms with van der Waals surface area (Å²) in [5.41, 5.74) is 7.11. The number of nitrogens with one attached hydrogen (secondary N) is 2. The Labute approximate surface area is 207 Å². The number of nitrogens with two attached hydrogens (primary N) is 1. The van der Waals surface area contributed by atoms with Crippen molar-refractivity contribution in [3.05, 3.63) is 58.1 Å². The van der Waals surface area contributed by atoms with E-state index in [4.69, 9.17) is 22.1 Å². The number of ether oxygens (including phenoxy) is 1. The number of aromatic carboxylic acids is 1. The van der Waals surface area contributed by atoms with Crippen molar-refractivity contribution < 1.29 is 29.0 Å². The Morgan fingerprint density at radius 1 is 1.29 bits per heavy atom. The number of carboxylic acids is 1. The molecule has 1 aliphatic rings. The van der Waals surface area contributed by atoms with Crippen molar-refractivity contribution in [1.82, 2.24) is 15.5 Å². The topological polar surface area (TPSA) is 151 Å². The highest BCUT2D eigenvalue weighted by molar-refractivity contribution is 6.30. The number of anilines is 1. The van der Waals surface area contributed by atoms with Gasteiger partial charge in [-0.05, 0) is 54.3 Å². The normalized spacial score (nSPS) is 16.8. The third kappa shape index (κ3) is 6.02. The maximum Gasteiger partial charge on any atom is 0.337 e. The third-order valence-electron chi connectivity index (χ3n) is 5.83. The standard InChI is InChI=1S/C24H27ClN4O6/c1-3-19(13-4-6-17(23(32)33)18(26)10-13)28-24(34)29-12-21(30)27-11-15(22(29)31)8-14-9-16(25)5-7-20(14)35-2/h4-7,9-10,15,19H,3,8,11-12,26H2,1-2H3,(H,27,30)(H,28,34)(H,32,33)/t15?,19-/m1/s1. The molecule has 10 nitrogen and oxygen atoms in total. The lowest BCUT2D eigenvalue weighted by Gasteiger charge is -2.25. The molecule has 1 fully saturated rings. The number of amides is 4. The van der Waals surface area contributed by atoms with Gasteiger partial charge < -0.3 is 26.2 Å². The highest BCUT2D eigenvalue weighted by Crippen LogP contribution is 2.27. The highest BCUT2D eigenvalue weighted by Gasteiger charge is 2.35. The molecule has 0 aromatic heterocycles. The molecule has 0 saturated carbocycles. The zero-order valence-corrected chi connectivity index (χ0v) is 20.1. The first-order chi connectivity index (χ1) is 16.6. The number of nitrogens with zero attached hydrogens (tertiary/aromatic N) is 1. The predicted molar refractivity (Wildman–Crippen MR) is 129 cm³/mol. The van der Waals surface area contributed by atoms with Crippen LogP contribution in [0.5, 0.6) is 5.75 Å². The minimum absolute atomic E-state index is 0.0476. The van der Waals surface area contributed by atoms with Crippen LogP contribution < -0.4 is 21.1 Å². The first-order valence-electron chi connectivity index (χ1n) is 11.0. The van der Waals surface area contributed by atoms with Crippen molar-refractivity contribution in [2.75, 3.05) is 25.9 Å². The number of rotatable bonds is 7. The molecule has 2 aromatic carbocycles. The van der Waals surface area contributed by atoms with E-state index in [-0.39, 0.29) is 24.2 Å². The molecule has 3 rings (SSSR count). The number of urea groups is 1. The molecular formula is C24H27ClN4O6. The molecule has 5 N–H and O–H groups in total. The number of methoxy groups -OCH3 is 1. The molecule has 2 aromatic rings. The summed E-state index contributed by atoms with van der Waals surface area (Å²) in [7, 11) is 1.50. The number of hydrogen-bond acceptors (Lipinski definition) is 6. The van der Waals surface area contributed by atoms with Crippen molar-refractivity contribution in [1.29, 1.82) is 0 Å². The minimum Gasteiger partial charge on any atom is -0.496 e. The quantitative estimate of drug-likeness (QED) is 0.425. The summed E-state index contributed by atoms with van der Waals surface area (Å²) in [4.78, 5) is 50.9. The van der Waals surface area contributed by atoms with Crippen LogP contribution in [0.2, 0.25) is 5.02 Å². The summed E-state index contributed by atoms with van der Waals surface area (Å²) >= 11 is 6.11. The van der Waals surface area contributed by atoms with Crippen molar-refractivity contribution in [2.24, 2.45) is 5.92 Å². The molecule has 1 heterocycles. The van der Waals surface area contributed by atoms with Crippen LogP contribution in [0, 0.1) is 5.92 Å². The fourth-order valence-corrected chi connectivity index (χ4v) is 4.16. The van der Waals surface area contributed by atoms with E-state index >= 15 is 0 Å². The number of carbonyl (C=O) groups is 4. The number of benzene rings is 2. The summed E-state index contributed by atoms with van der Waals surface area (Å²) in [5.74, 6) is -2.31. The Kier molecular flexibility index (Phi) is 8.18. The van der Waals surface area contributed by atoms with Gasteiger partial charge in [0.25, 0.3) is 0 Å². The Balaban J connectivity index is 1.81.